The van der Waals surface area contributed by atoms with Gasteiger partial charge in [-0.2, -0.15) is 0 Å². The Morgan fingerprint density at radius 3 is 2.80 bits per heavy atom. The zero-order chi connectivity index (χ0) is 14.6. The lowest BCUT2D eigenvalue weighted by atomic mass is 10.2. The highest BCUT2D eigenvalue weighted by Gasteiger charge is 2.18. The molecule has 0 saturated heterocycles. The summed E-state index contributed by atoms with van der Waals surface area (Å²) >= 11 is 1.43. The van der Waals surface area contributed by atoms with Crippen molar-refractivity contribution >= 4 is 21.4 Å². The Morgan fingerprint density at radius 2 is 2.20 bits per heavy atom. The highest BCUT2D eigenvalue weighted by atomic mass is 32.2. The molecule has 1 heterocycles. The topological polar surface area (TPSA) is 79.3 Å². The zero-order valence-corrected chi connectivity index (χ0v) is 12.0. The molecule has 1 aromatic carbocycles. The van der Waals surface area contributed by atoms with Gasteiger partial charge in [-0.15, -0.1) is 11.3 Å². The summed E-state index contributed by atoms with van der Waals surface area (Å²) in [6.45, 7) is -0.193. The van der Waals surface area contributed by atoms with Crippen LogP contribution in [0.5, 0.6) is 0 Å². The van der Waals surface area contributed by atoms with Gasteiger partial charge in [0, 0.05) is 18.3 Å². The molecule has 108 valence electrons. The van der Waals surface area contributed by atoms with E-state index in [1.54, 1.807) is 5.51 Å². The molecule has 0 saturated carbocycles. The van der Waals surface area contributed by atoms with E-state index in [0.717, 1.165) is 17.8 Å². The molecule has 8 heteroatoms. The number of aliphatic hydroxyl groups excluding tert-OH is 1. The molecule has 0 bridgehead atoms. The first-order valence-electron chi connectivity index (χ1n) is 5.79. The molecular weight excluding hydrogens is 303 g/mol. The number of sulfonamides is 1. The minimum atomic E-state index is -3.90. The van der Waals surface area contributed by atoms with Gasteiger partial charge in [-0.05, 0) is 17.7 Å². The number of benzene rings is 1. The summed E-state index contributed by atoms with van der Waals surface area (Å²) in [5.41, 5.74) is 2.77. The quantitative estimate of drug-likeness (QED) is 0.842. The number of aromatic nitrogens is 1. The Hall–Kier alpha value is -1.35. The summed E-state index contributed by atoms with van der Waals surface area (Å²) in [5, 5.41) is 10.7. The van der Waals surface area contributed by atoms with E-state index in [1.165, 1.54) is 17.4 Å². The van der Waals surface area contributed by atoms with Gasteiger partial charge in [0.25, 0.3) is 0 Å². The van der Waals surface area contributed by atoms with Gasteiger partial charge >= 0.3 is 0 Å². The number of halogens is 1. The molecule has 0 aliphatic heterocycles. The predicted molar refractivity (Wildman–Crippen MR) is 73.3 cm³/mol. The van der Waals surface area contributed by atoms with Crippen LogP contribution in [0.3, 0.4) is 0 Å². The van der Waals surface area contributed by atoms with Crippen LogP contribution in [-0.4, -0.2) is 25.1 Å². The van der Waals surface area contributed by atoms with Crippen molar-refractivity contribution in [3.63, 3.8) is 0 Å². The zero-order valence-electron chi connectivity index (χ0n) is 10.4. The molecule has 0 radical (unpaired) electrons. The summed E-state index contributed by atoms with van der Waals surface area (Å²) in [4.78, 5) is 3.61. The van der Waals surface area contributed by atoms with Crippen molar-refractivity contribution in [1.82, 2.24) is 9.71 Å². The number of nitrogens with zero attached hydrogens (tertiary/aromatic N) is 1. The van der Waals surface area contributed by atoms with Gasteiger partial charge in [0.1, 0.15) is 10.7 Å². The van der Waals surface area contributed by atoms with Gasteiger partial charge in [0.15, 0.2) is 0 Å². The molecule has 0 aliphatic rings. The number of hydrogen-bond acceptors (Lipinski definition) is 5. The minimum Gasteiger partial charge on any atom is -0.392 e. The smallest absolute Gasteiger partial charge is 0.243 e. The van der Waals surface area contributed by atoms with E-state index in [4.69, 9.17) is 5.11 Å². The molecule has 0 unspecified atom stereocenters. The summed E-state index contributed by atoms with van der Waals surface area (Å²) in [7, 11) is -3.90. The van der Waals surface area contributed by atoms with E-state index >= 15 is 0 Å². The Labute approximate surface area is 120 Å². The number of thiazole rings is 1. The van der Waals surface area contributed by atoms with Gasteiger partial charge in [-0.1, -0.05) is 6.07 Å². The molecule has 2 rings (SSSR count). The van der Waals surface area contributed by atoms with E-state index in [2.05, 4.69) is 9.71 Å². The molecule has 2 aromatic rings. The van der Waals surface area contributed by atoms with Crippen LogP contribution >= 0.6 is 11.3 Å². The van der Waals surface area contributed by atoms with Crippen LogP contribution in [-0.2, 0) is 23.1 Å². The van der Waals surface area contributed by atoms with Crippen molar-refractivity contribution in [3.8, 4) is 0 Å². The number of hydrogen-bond donors (Lipinski definition) is 2. The fraction of sp³-hybridized carbons (Fsp3) is 0.250. The van der Waals surface area contributed by atoms with Gasteiger partial charge in [0.05, 0.1) is 17.8 Å². The predicted octanol–water partition coefficient (Wildman–Crippen LogP) is 1.30. The Balaban J connectivity index is 2.06. The van der Waals surface area contributed by atoms with Crippen molar-refractivity contribution in [2.24, 2.45) is 0 Å². The van der Waals surface area contributed by atoms with E-state index < -0.39 is 20.7 Å². The maximum Gasteiger partial charge on any atom is 0.243 e. The lowest BCUT2D eigenvalue weighted by molar-refractivity contribution is 0.281. The van der Waals surface area contributed by atoms with Crippen molar-refractivity contribution in [2.75, 3.05) is 6.54 Å². The molecular formula is C12H13FN2O3S2. The molecule has 2 N–H and O–H groups in total. The molecule has 20 heavy (non-hydrogen) atoms. The third-order valence-electron chi connectivity index (χ3n) is 2.63. The highest BCUT2D eigenvalue weighted by Crippen LogP contribution is 2.16. The first-order valence-corrected chi connectivity index (χ1v) is 8.21. The van der Waals surface area contributed by atoms with Crippen molar-refractivity contribution in [3.05, 3.63) is 46.2 Å². The Kier molecular flexibility index (Phi) is 4.81. The van der Waals surface area contributed by atoms with Crippen molar-refractivity contribution in [1.29, 1.82) is 0 Å². The van der Waals surface area contributed by atoms with E-state index in [1.807, 2.05) is 5.38 Å². The molecule has 0 spiro atoms. The van der Waals surface area contributed by atoms with Crippen LogP contribution in [0.2, 0.25) is 0 Å². The number of nitrogens with one attached hydrogen (secondary N) is 1. The summed E-state index contributed by atoms with van der Waals surface area (Å²) in [6, 6.07) is 3.53. The largest absolute Gasteiger partial charge is 0.392 e. The molecule has 5 nitrogen and oxygen atoms in total. The molecule has 0 aliphatic carbocycles. The van der Waals surface area contributed by atoms with Crippen LogP contribution in [0.15, 0.2) is 34.0 Å². The first-order chi connectivity index (χ1) is 9.53. The van der Waals surface area contributed by atoms with Gasteiger partial charge in [-0.25, -0.2) is 22.5 Å². The van der Waals surface area contributed by atoms with E-state index in [-0.39, 0.29) is 13.2 Å². The summed E-state index contributed by atoms with van der Waals surface area (Å²) in [5.74, 6) is -0.877. The maximum atomic E-state index is 13.7. The summed E-state index contributed by atoms with van der Waals surface area (Å²) < 4.78 is 39.9. The first kappa shape index (κ1) is 15.0. The third kappa shape index (κ3) is 3.60. The fourth-order valence-electron chi connectivity index (χ4n) is 1.61. The van der Waals surface area contributed by atoms with Gasteiger partial charge in [-0.3, -0.25) is 0 Å². The lowest BCUT2D eigenvalue weighted by Crippen LogP contribution is -2.27. The van der Waals surface area contributed by atoms with Crippen molar-refractivity contribution in [2.45, 2.75) is 17.9 Å². The lowest BCUT2D eigenvalue weighted by Gasteiger charge is -2.08. The minimum absolute atomic E-state index is 0.146. The highest BCUT2D eigenvalue weighted by molar-refractivity contribution is 7.89. The van der Waals surface area contributed by atoms with Crippen LogP contribution in [0, 0.1) is 5.82 Å². The Morgan fingerprint density at radius 1 is 1.40 bits per heavy atom. The molecule has 0 amide bonds. The maximum absolute atomic E-state index is 13.7. The average molecular weight is 316 g/mol. The second-order valence-electron chi connectivity index (χ2n) is 4.05. The molecule has 1 aromatic heterocycles. The Bertz CT molecular complexity index is 672. The van der Waals surface area contributed by atoms with Crippen LogP contribution in [0.1, 0.15) is 11.3 Å². The van der Waals surface area contributed by atoms with Gasteiger partial charge < -0.3 is 5.11 Å². The van der Waals surface area contributed by atoms with Crippen LogP contribution < -0.4 is 4.72 Å². The average Bonchev–Trinajstić information content (AvgIpc) is 2.91. The molecule has 0 fully saturated rings. The fourth-order valence-corrected chi connectivity index (χ4v) is 3.29. The second-order valence-corrected chi connectivity index (χ2v) is 6.50. The summed E-state index contributed by atoms with van der Waals surface area (Å²) in [6.07, 6.45) is 0.444. The van der Waals surface area contributed by atoms with Crippen molar-refractivity contribution < 1.29 is 17.9 Å². The SMILES string of the molecule is O=S(=O)(NCCc1cscn1)c1ccc(CO)cc1F. The van der Waals surface area contributed by atoms with Gasteiger partial charge in [0.2, 0.25) is 10.0 Å². The van der Waals surface area contributed by atoms with E-state index in [0.29, 0.717) is 12.0 Å². The number of aliphatic hydroxyl groups is 1. The van der Waals surface area contributed by atoms with Crippen LogP contribution in [0.4, 0.5) is 4.39 Å². The standard InChI is InChI=1S/C12H13FN2O3S2/c13-11-5-9(6-16)1-2-12(11)20(17,18)15-4-3-10-7-19-8-14-10/h1-2,5,7-8,15-16H,3-4,6H2. The molecule has 0 atom stereocenters. The number of rotatable bonds is 6. The monoisotopic (exact) mass is 316 g/mol. The second kappa shape index (κ2) is 6.40. The normalized spacial score (nSPS) is 11.7. The van der Waals surface area contributed by atoms with Crippen LogP contribution in [0.25, 0.3) is 0 Å². The van der Waals surface area contributed by atoms with E-state index in [9.17, 15) is 12.8 Å². The third-order valence-corrected chi connectivity index (χ3v) is 4.75.